The van der Waals surface area contributed by atoms with Crippen molar-refractivity contribution in [3.05, 3.63) is 47.4 Å². The minimum absolute atomic E-state index is 0.0305. The summed E-state index contributed by atoms with van der Waals surface area (Å²) in [7, 11) is 1.64. The number of fused-ring (bicyclic) bond motifs is 1. The Bertz CT molecular complexity index is 1270. The van der Waals surface area contributed by atoms with Crippen LogP contribution in [0, 0.1) is 11.8 Å². The summed E-state index contributed by atoms with van der Waals surface area (Å²) in [6.45, 7) is 1.70. The smallest absolute Gasteiger partial charge is 0.413 e. The second kappa shape index (κ2) is 9.09. The highest BCUT2D eigenvalue weighted by molar-refractivity contribution is 6.30. The van der Waals surface area contributed by atoms with Crippen molar-refractivity contribution in [2.24, 2.45) is 18.9 Å². The largest absolute Gasteiger partial charge is 0.441 e. The van der Waals surface area contributed by atoms with Crippen molar-refractivity contribution in [3.8, 4) is 11.4 Å². The zero-order chi connectivity index (χ0) is 24.7. The number of amides is 2. The number of nitrogens with one attached hydrogen (secondary N) is 2. The van der Waals surface area contributed by atoms with E-state index in [0.717, 1.165) is 12.8 Å². The summed E-state index contributed by atoms with van der Waals surface area (Å²) in [5.74, 6) is 0.585. The van der Waals surface area contributed by atoms with Gasteiger partial charge in [-0.05, 0) is 50.3 Å². The molecule has 2 N–H and O–H groups in total. The minimum Gasteiger partial charge on any atom is -0.441 e. The number of nitrogens with zero attached hydrogens (tertiary/aromatic N) is 5. The van der Waals surface area contributed by atoms with Crippen LogP contribution < -0.4 is 10.6 Å². The van der Waals surface area contributed by atoms with Gasteiger partial charge in [0.05, 0.1) is 17.6 Å². The van der Waals surface area contributed by atoms with E-state index in [1.165, 1.54) is 4.68 Å². The first-order chi connectivity index (χ1) is 16.7. The molecule has 2 amide bonds. The minimum atomic E-state index is -0.708. The maximum absolute atomic E-state index is 12.6. The van der Waals surface area contributed by atoms with Gasteiger partial charge >= 0.3 is 6.09 Å². The first-order valence-corrected chi connectivity index (χ1v) is 11.9. The fourth-order valence-corrected chi connectivity index (χ4v) is 5.60. The molecule has 2 bridgehead atoms. The van der Waals surface area contributed by atoms with Gasteiger partial charge in [-0.2, -0.15) is 0 Å². The lowest BCUT2D eigenvalue weighted by Gasteiger charge is -2.32. The van der Waals surface area contributed by atoms with E-state index in [0.29, 0.717) is 40.8 Å². The molecule has 1 unspecified atom stereocenters. The summed E-state index contributed by atoms with van der Waals surface area (Å²) < 4.78 is 6.85. The molecule has 0 spiro atoms. The number of rotatable bonds is 6. The quantitative estimate of drug-likeness (QED) is 0.363. The molecule has 3 saturated carbocycles. The standard InChI is InChI=1S/C23H23Cl2N7O3/c1-12(15-4-3-7-26-19(15)24)35-22(34)29-20-18(30-31-32(20)2)17-6-5-14(11-27-17)28-21(33)16-10-23(25)8-13(16)9-23/h3-7,11-13,16H,8-10H2,1-2H3,(H,28,33)(H,29,34)/t12-,13?,16?,23?/m1/s1. The number of carbonyl (C=O) groups is 2. The first-order valence-electron chi connectivity index (χ1n) is 11.2. The highest BCUT2D eigenvalue weighted by atomic mass is 35.5. The number of anilines is 2. The van der Waals surface area contributed by atoms with Crippen LogP contribution in [0.5, 0.6) is 0 Å². The monoisotopic (exact) mass is 515 g/mol. The third kappa shape index (κ3) is 4.68. The molecule has 0 radical (unpaired) electrons. The van der Waals surface area contributed by atoms with Gasteiger partial charge in [-0.1, -0.05) is 22.9 Å². The van der Waals surface area contributed by atoms with Gasteiger partial charge in [0.15, 0.2) is 11.5 Å². The van der Waals surface area contributed by atoms with Crippen molar-refractivity contribution in [1.29, 1.82) is 0 Å². The molecule has 3 heterocycles. The summed E-state index contributed by atoms with van der Waals surface area (Å²) in [5.41, 5.74) is 1.99. The second-order valence-electron chi connectivity index (χ2n) is 9.02. The Morgan fingerprint density at radius 1 is 1.20 bits per heavy atom. The zero-order valence-electron chi connectivity index (χ0n) is 19.0. The molecule has 35 heavy (non-hydrogen) atoms. The lowest BCUT2D eigenvalue weighted by atomic mass is 9.81. The van der Waals surface area contributed by atoms with Crippen LogP contribution in [0.25, 0.3) is 11.4 Å². The fraction of sp³-hybridized carbons (Fsp3) is 0.391. The molecule has 12 heteroatoms. The molecule has 0 saturated heterocycles. The van der Waals surface area contributed by atoms with E-state index < -0.39 is 12.2 Å². The van der Waals surface area contributed by atoms with E-state index in [2.05, 4.69) is 30.9 Å². The van der Waals surface area contributed by atoms with E-state index in [9.17, 15) is 9.59 Å². The Balaban J connectivity index is 1.24. The number of aromatic nitrogens is 5. The maximum Gasteiger partial charge on any atom is 0.413 e. The van der Waals surface area contributed by atoms with E-state index in [1.54, 1.807) is 50.6 Å². The predicted molar refractivity (Wildman–Crippen MR) is 130 cm³/mol. The van der Waals surface area contributed by atoms with E-state index in [4.69, 9.17) is 27.9 Å². The van der Waals surface area contributed by atoms with Crippen LogP contribution in [0.1, 0.15) is 37.9 Å². The van der Waals surface area contributed by atoms with Gasteiger partial charge in [0, 0.05) is 29.6 Å². The molecule has 3 aromatic heterocycles. The van der Waals surface area contributed by atoms with Crippen LogP contribution in [0.4, 0.5) is 16.3 Å². The molecular formula is C23H23Cl2N7O3. The summed E-state index contributed by atoms with van der Waals surface area (Å²) in [5, 5.41) is 13.9. The van der Waals surface area contributed by atoms with Gasteiger partial charge in [-0.25, -0.2) is 14.5 Å². The average molecular weight is 516 g/mol. The number of hydrogen-bond acceptors (Lipinski definition) is 7. The molecule has 6 rings (SSSR count). The number of aryl methyl sites for hydroxylation is 1. The summed E-state index contributed by atoms with van der Waals surface area (Å²) in [4.78, 5) is 33.4. The van der Waals surface area contributed by atoms with Crippen LogP contribution in [0.3, 0.4) is 0 Å². The van der Waals surface area contributed by atoms with Crippen LogP contribution in [0.15, 0.2) is 36.7 Å². The van der Waals surface area contributed by atoms with E-state index in [1.807, 2.05) is 0 Å². The number of ether oxygens (including phenoxy) is 1. The molecule has 0 aliphatic heterocycles. The number of pyridine rings is 2. The molecule has 0 aromatic carbocycles. The molecule has 3 fully saturated rings. The van der Waals surface area contributed by atoms with E-state index >= 15 is 0 Å². The van der Waals surface area contributed by atoms with Crippen molar-refractivity contribution in [1.82, 2.24) is 25.0 Å². The van der Waals surface area contributed by atoms with Crippen LogP contribution >= 0.6 is 23.2 Å². The summed E-state index contributed by atoms with van der Waals surface area (Å²) in [6, 6.07) is 6.88. The van der Waals surface area contributed by atoms with Crippen LogP contribution in [-0.4, -0.2) is 41.8 Å². The number of hydrogen-bond donors (Lipinski definition) is 2. The molecule has 182 valence electrons. The number of alkyl halides is 1. The van der Waals surface area contributed by atoms with Crippen molar-refractivity contribution in [2.45, 2.75) is 37.2 Å². The SMILES string of the molecule is C[C@@H](OC(=O)Nc1c(-c2ccc(NC(=O)C3CC4(Cl)CC3C4)cn2)nnn1C)c1cccnc1Cl. The molecular weight excluding hydrogens is 493 g/mol. The third-order valence-electron chi connectivity index (χ3n) is 6.58. The highest BCUT2D eigenvalue weighted by Crippen LogP contribution is 2.59. The molecule has 2 atom stereocenters. The highest BCUT2D eigenvalue weighted by Gasteiger charge is 2.57. The van der Waals surface area contributed by atoms with Gasteiger partial charge in [-0.15, -0.1) is 16.7 Å². The normalized spacial score (nSPS) is 23.3. The number of halogens is 2. The Hall–Kier alpha value is -3.24. The van der Waals surface area contributed by atoms with Gasteiger partial charge in [0.2, 0.25) is 5.91 Å². The molecule has 3 aliphatic rings. The van der Waals surface area contributed by atoms with Gasteiger partial charge < -0.3 is 10.1 Å². The number of carbonyl (C=O) groups excluding carboxylic acids is 2. The lowest BCUT2D eigenvalue weighted by Crippen LogP contribution is -2.30. The average Bonchev–Trinajstić information content (AvgIpc) is 3.45. The maximum atomic E-state index is 12.6. The second-order valence-corrected chi connectivity index (χ2v) is 10.2. The lowest BCUT2D eigenvalue weighted by molar-refractivity contribution is -0.120. The fourth-order valence-electron chi connectivity index (χ4n) is 4.76. The van der Waals surface area contributed by atoms with Gasteiger partial charge in [0.25, 0.3) is 0 Å². The summed E-state index contributed by atoms with van der Waals surface area (Å²) in [6.07, 6.45) is 4.30. The van der Waals surface area contributed by atoms with Crippen molar-refractivity contribution in [2.75, 3.05) is 10.6 Å². The van der Waals surface area contributed by atoms with Crippen LogP contribution in [-0.2, 0) is 16.6 Å². The predicted octanol–water partition coefficient (Wildman–Crippen LogP) is 4.58. The van der Waals surface area contributed by atoms with Gasteiger partial charge in [-0.3, -0.25) is 15.1 Å². The van der Waals surface area contributed by atoms with Crippen molar-refractivity contribution >= 4 is 46.7 Å². The molecule has 3 aliphatic carbocycles. The Kier molecular flexibility index (Phi) is 6.10. The molecule has 3 aromatic rings. The zero-order valence-corrected chi connectivity index (χ0v) is 20.5. The molecule has 10 nitrogen and oxygen atoms in total. The first kappa shape index (κ1) is 23.5. The van der Waals surface area contributed by atoms with Gasteiger partial charge in [0.1, 0.15) is 11.3 Å². The van der Waals surface area contributed by atoms with Crippen molar-refractivity contribution in [3.63, 3.8) is 0 Å². The Morgan fingerprint density at radius 3 is 2.66 bits per heavy atom. The Morgan fingerprint density at radius 2 is 2.00 bits per heavy atom. The summed E-state index contributed by atoms with van der Waals surface area (Å²) >= 11 is 12.5. The van der Waals surface area contributed by atoms with Crippen LogP contribution in [0.2, 0.25) is 5.15 Å². The topological polar surface area (TPSA) is 124 Å². The van der Waals surface area contributed by atoms with Crippen molar-refractivity contribution < 1.29 is 14.3 Å². The van der Waals surface area contributed by atoms with E-state index in [-0.39, 0.29) is 21.9 Å². The third-order valence-corrected chi connectivity index (χ3v) is 7.36. The Labute approximate surface area is 211 Å².